The van der Waals surface area contributed by atoms with Crippen LogP contribution in [0, 0.1) is 6.92 Å². The summed E-state index contributed by atoms with van der Waals surface area (Å²) in [6.45, 7) is 1.81. The zero-order valence-electron chi connectivity index (χ0n) is 9.85. The number of aryl methyl sites for hydroxylation is 1. The maximum atomic E-state index is 12.5. The van der Waals surface area contributed by atoms with Gasteiger partial charge in [0.15, 0.2) is 0 Å². The van der Waals surface area contributed by atoms with E-state index in [0.717, 1.165) is 17.7 Å². The van der Waals surface area contributed by atoms with Gasteiger partial charge in [0.05, 0.1) is 15.6 Å². The predicted octanol–water partition coefficient (Wildman–Crippen LogP) is 5.99. The second-order valence-corrected chi connectivity index (χ2v) is 4.89. The SMILES string of the molecule is Cc1ccc(-c2ccc(C(F)(F)F)cc2)c(Cl)c1Cl. The van der Waals surface area contributed by atoms with Crippen molar-refractivity contribution in [1.29, 1.82) is 0 Å². The zero-order valence-corrected chi connectivity index (χ0v) is 11.4. The largest absolute Gasteiger partial charge is 0.416 e. The van der Waals surface area contributed by atoms with Gasteiger partial charge in [-0.3, -0.25) is 0 Å². The van der Waals surface area contributed by atoms with Gasteiger partial charge in [-0.2, -0.15) is 13.2 Å². The van der Waals surface area contributed by atoms with E-state index < -0.39 is 11.7 Å². The normalized spacial score (nSPS) is 11.7. The molecule has 0 radical (unpaired) electrons. The van der Waals surface area contributed by atoms with Crippen molar-refractivity contribution >= 4 is 23.2 Å². The van der Waals surface area contributed by atoms with Gasteiger partial charge in [-0.1, -0.05) is 47.5 Å². The lowest BCUT2D eigenvalue weighted by atomic mass is 10.0. The summed E-state index contributed by atoms with van der Waals surface area (Å²) in [5, 5.41) is 0.764. The van der Waals surface area contributed by atoms with Crippen LogP contribution in [0.3, 0.4) is 0 Å². The number of rotatable bonds is 1. The fraction of sp³-hybridized carbons (Fsp3) is 0.143. The Bertz CT molecular complexity index is 601. The maximum absolute atomic E-state index is 12.5. The van der Waals surface area contributed by atoms with Crippen molar-refractivity contribution < 1.29 is 13.2 Å². The smallest absolute Gasteiger partial charge is 0.166 e. The molecule has 2 aromatic rings. The molecule has 100 valence electrons. The third kappa shape index (κ3) is 2.88. The van der Waals surface area contributed by atoms with Crippen molar-refractivity contribution in [3.05, 3.63) is 57.6 Å². The predicted molar refractivity (Wildman–Crippen MR) is 71.6 cm³/mol. The molecule has 0 saturated carbocycles. The zero-order chi connectivity index (χ0) is 14.2. The van der Waals surface area contributed by atoms with E-state index in [2.05, 4.69) is 0 Å². The third-order valence-electron chi connectivity index (χ3n) is 2.80. The Morgan fingerprint density at radius 3 is 1.95 bits per heavy atom. The Labute approximate surface area is 118 Å². The summed E-state index contributed by atoms with van der Waals surface area (Å²) >= 11 is 12.1. The summed E-state index contributed by atoms with van der Waals surface area (Å²) in [5.74, 6) is 0. The summed E-state index contributed by atoms with van der Waals surface area (Å²) in [6, 6.07) is 8.34. The van der Waals surface area contributed by atoms with Crippen LogP contribution < -0.4 is 0 Å². The fourth-order valence-electron chi connectivity index (χ4n) is 1.71. The molecule has 0 aliphatic rings. The summed E-state index contributed by atoms with van der Waals surface area (Å²) in [7, 11) is 0. The molecule has 2 rings (SSSR count). The van der Waals surface area contributed by atoms with E-state index in [1.807, 2.05) is 6.92 Å². The number of halogens is 5. The van der Waals surface area contributed by atoms with Crippen LogP contribution in [0.2, 0.25) is 10.0 Å². The van der Waals surface area contributed by atoms with Crippen molar-refractivity contribution in [2.24, 2.45) is 0 Å². The van der Waals surface area contributed by atoms with E-state index in [-0.39, 0.29) is 0 Å². The highest BCUT2D eigenvalue weighted by Gasteiger charge is 2.30. The molecule has 0 bridgehead atoms. The highest BCUT2D eigenvalue weighted by atomic mass is 35.5. The van der Waals surface area contributed by atoms with Crippen molar-refractivity contribution in [3.8, 4) is 11.1 Å². The van der Waals surface area contributed by atoms with Crippen LogP contribution in [-0.2, 0) is 6.18 Å². The third-order valence-corrected chi connectivity index (χ3v) is 3.78. The van der Waals surface area contributed by atoms with Crippen LogP contribution in [0.4, 0.5) is 13.2 Å². The van der Waals surface area contributed by atoms with Crippen LogP contribution >= 0.6 is 23.2 Å². The average Bonchev–Trinajstić information content (AvgIpc) is 2.35. The van der Waals surface area contributed by atoms with Gasteiger partial charge in [0, 0.05) is 5.56 Å². The van der Waals surface area contributed by atoms with Gasteiger partial charge in [0.1, 0.15) is 0 Å². The first-order valence-corrected chi connectivity index (χ1v) is 6.18. The molecular formula is C14H9Cl2F3. The van der Waals surface area contributed by atoms with Gasteiger partial charge in [-0.25, -0.2) is 0 Å². The van der Waals surface area contributed by atoms with Crippen molar-refractivity contribution in [2.45, 2.75) is 13.1 Å². The van der Waals surface area contributed by atoms with Crippen LogP contribution in [0.1, 0.15) is 11.1 Å². The molecule has 0 spiro atoms. The molecule has 2 aromatic carbocycles. The van der Waals surface area contributed by atoms with Crippen molar-refractivity contribution in [1.82, 2.24) is 0 Å². The Balaban J connectivity index is 2.46. The van der Waals surface area contributed by atoms with Gasteiger partial charge in [0.25, 0.3) is 0 Å². The van der Waals surface area contributed by atoms with E-state index >= 15 is 0 Å². The Morgan fingerprint density at radius 1 is 0.842 bits per heavy atom. The van der Waals surface area contributed by atoms with E-state index in [4.69, 9.17) is 23.2 Å². The molecule has 0 aromatic heterocycles. The van der Waals surface area contributed by atoms with Crippen LogP contribution in [0.5, 0.6) is 0 Å². The second kappa shape index (κ2) is 5.06. The highest BCUT2D eigenvalue weighted by molar-refractivity contribution is 6.44. The first kappa shape index (κ1) is 14.2. The van der Waals surface area contributed by atoms with Gasteiger partial charge < -0.3 is 0 Å². The van der Waals surface area contributed by atoms with Gasteiger partial charge >= 0.3 is 6.18 Å². The maximum Gasteiger partial charge on any atom is 0.416 e. The van der Waals surface area contributed by atoms with Crippen molar-refractivity contribution in [3.63, 3.8) is 0 Å². The average molecular weight is 305 g/mol. The minimum Gasteiger partial charge on any atom is -0.166 e. The van der Waals surface area contributed by atoms with E-state index in [9.17, 15) is 13.2 Å². The molecule has 0 atom stereocenters. The fourth-order valence-corrected chi connectivity index (χ4v) is 2.19. The molecule has 0 aliphatic heterocycles. The van der Waals surface area contributed by atoms with E-state index in [1.165, 1.54) is 12.1 Å². The number of hydrogen-bond donors (Lipinski definition) is 0. The molecular weight excluding hydrogens is 296 g/mol. The lowest BCUT2D eigenvalue weighted by molar-refractivity contribution is -0.137. The molecule has 0 saturated heterocycles. The van der Waals surface area contributed by atoms with Crippen LogP contribution in [-0.4, -0.2) is 0 Å². The lowest BCUT2D eigenvalue weighted by Crippen LogP contribution is -2.04. The Hall–Kier alpha value is -1.19. The van der Waals surface area contributed by atoms with Gasteiger partial charge in [-0.05, 0) is 30.2 Å². The van der Waals surface area contributed by atoms with Crippen LogP contribution in [0.25, 0.3) is 11.1 Å². The molecule has 0 unspecified atom stereocenters. The molecule has 0 fully saturated rings. The quantitative estimate of drug-likeness (QED) is 0.607. The van der Waals surface area contributed by atoms with Crippen molar-refractivity contribution in [2.75, 3.05) is 0 Å². The summed E-state index contributed by atoms with van der Waals surface area (Å²) in [4.78, 5) is 0. The first-order valence-electron chi connectivity index (χ1n) is 5.43. The molecule has 0 amide bonds. The lowest BCUT2D eigenvalue weighted by Gasteiger charge is -2.10. The molecule has 0 nitrogen and oxygen atoms in total. The minimum absolute atomic E-state index is 0.349. The molecule has 5 heteroatoms. The minimum atomic E-state index is -4.34. The van der Waals surface area contributed by atoms with Gasteiger partial charge in [-0.15, -0.1) is 0 Å². The highest BCUT2D eigenvalue weighted by Crippen LogP contribution is 2.37. The van der Waals surface area contributed by atoms with E-state index in [0.29, 0.717) is 21.2 Å². The number of hydrogen-bond acceptors (Lipinski definition) is 0. The van der Waals surface area contributed by atoms with E-state index in [1.54, 1.807) is 12.1 Å². The standard InChI is InChI=1S/C14H9Cl2F3/c1-8-2-7-11(13(16)12(8)15)9-3-5-10(6-4-9)14(17,18)19/h2-7H,1H3. The first-order chi connectivity index (χ1) is 8.80. The Kier molecular flexibility index (Phi) is 3.79. The second-order valence-electron chi connectivity index (χ2n) is 4.13. The summed E-state index contributed by atoms with van der Waals surface area (Å²) in [6.07, 6.45) is -4.34. The molecule has 0 aliphatic carbocycles. The molecule has 0 N–H and O–H groups in total. The topological polar surface area (TPSA) is 0 Å². The number of alkyl halides is 3. The summed E-state index contributed by atoms with van der Waals surface area (Å²) in [5.41, 5.74) is 1.35. The summed E-state index contributed by atoms with van der Waals surface area (Å²) < 4.78 is 37.4. The van der Waals surface area contributed by atoms with Crippen LogP contribution in [0.15, 0.2) is 36.4 Å². The monoisotopic (exact) mass is 304 g/mol. The Morgan fingerprint density at radius 2 is 1.42 bits per heavy atom. The van der Waals surface area contributed by atoms with Gasteiger partial charge in [0.2, 0.25) is 0 Å². The molecule has 0 heterocycles. The molecule has 19 heavy (non-hydrogen) atoms. The number of benzene rings is 2.